The molecule has 1 aliphatic carbocycles. The fourth-order valence-corrected chi connectivity index (χ4v) is 6.77. The SMILES string of the molecule is N#Cc1cc(Nc2nc(NC3CC3)c3ncc(C#N)n3n2)c(Cl)c(N2CCN3C(CCS3(=O)=O)C2)c1. The number of nitrogens with one attached hydrogen (secondary N) is 2. The lowest BCUT2D eigenvalue weighted by Gasteiger charge is -2.38. The van der Waals surface area contributed by atoms with Crippen LogP contribution in [0.4, 0.5) is 23.1 Å². The van der Waals surface area contributed by atoms with Gasteiger partial charge in [0.2, 0.25) is 16.0 Å². The molecule has 184 valence electrons. The van der Waals surface area contributed by atoms with Crippen LogP contribution in [-0.4, -0.2) is 69.8 Å². The number of sulfonamides is 1. The molecule has 12 nitrogen and oxygen atoms in total. The second-order valence-corrected chi connectivity index (χ2v) is 11.5. The first-order valence-corrected chi connectivity index (χ1v) is 13.5. The highest BCUT2D eigenvalue weighted by Crippen LogP contribution is 2.38. The molecule has 2 N–H and O–H groups in total. The van der Waals surface area contributed by atoms with Crippen LogP contribution < -0.4 is 15.5 Å². The third-order valence-corrected chi connectivity index (χ3v) is 9.00. The largest absolute Gasteiger partial charge is 0.367 e. The Morgan fingerprint density at radius 3 is 2.72 bits per heavy atom. The molecule has 1 unspecified atom stereocenters. The van der Waals surface area contributed by atoms with Gasteiger partial charge in [-0.25, -0.2) is 13.4 Å². The van der Waals surface area contributed by atoms with E-state index in [1.807, 2.05) is 4.90 Å². The predicted octanol–water partition coefficient (Wildman–Crippen LogP) is 2.06. The van der Waals surface area contributed by atoms with Crippen molar-refractivity contribution < 1.29 is 8.42 Å². The maximum atomic E-state index is 12.3. The fourth-order valence-electron chi connectivity index (χ4n) is 4.70. The van der Waals surface area contributed by atoms with Crippen LogP contribution >= 0.6 is 11.6 Å². The molecular weight excluding hydrogens is 504 g/mol. The summed E-state index contributed by atoms with van der Waals surface area (Å²) in [5.41, 5.74) is 2.17. The van der Waals surface area contributed by atoms with Gasteiger partial charge in [-0.15, -0.1) is 5.10 Å². The Morgan fingerprint density at radius 2 is 1.97 bits per heavy atom. The van der Waals surface area contributed by atoms with Gasteiger partial charge in [-0.1, -0.05) is 11.6 Å². The van der Waals surface area contributed by atoms with Gasteiger partial charge >= 0.3 is 0 Å². The molecule has 0 radical (unpaired) electrons. The first-order chi connectivity index (χ1) is 17.4. The minimum Gasteiger partial charge on any atom is -0.367 e. The van der Waals surface area contributed by atoms with Crippen LogP contribution in [0.25, 0.3) is 5.65 Å². The maximum Gasteiger partial charge on any atom is 0.247 e. The maximum absolute atomic E-state index is 12.3. The molecular formula is C22H21ClN10O2S. The summed E-state index contributed by atoms with van der Waals surface area (Å²) in [5.74, 6) is 0.845. The molecule has 6 rings (SSSR count). The number of nitrogens with zero attached hydrogens (tertiary/aromatic N) is 8. The lowest BCUT2D eigenvalue weighted by molar-refractivity contribution is 0.311. The Hall–Kier alpha value is -3.65. The minimum atomic E-state index is -3.20. The normalized spacial score (nSPS) is 21.1. The molecule has 0 bridgehead atoms. The van der Waals surface area contributed by atoms with Crippen LogP contribution in [-0.2, 0) is 10.0 Å². The van der Waals surface area contributed by atoms with Gasteiger partial charge in [0.25, 0.3) is 0 Å². The summed E-state index contributed by atoms with van der Waals surface area (Å²) in [6, 6.07) is 7.75. The van der Waals surface area contributed by atoms with Gasteiger partial charge in [0, 0.05) is 31.7 Å². The van der Waals surface area contributed by atoms with Crippen LogP contribution in [0.1, 0.15) is 30.5 Å². The fraction of sp³-hybridized carbons (Fsp3) is 0.409. The number of halogens is 1. The Morgan fingerprint density at radius 1 is 1.14 bits per heavy atom. The summed E-state index contributed by atoms with van der Waals surface area (Å²) in [6.45, 7) is 1.32. The van der Waals surface area contributed by atoms with Gasteiger partial charge in [0.1, 0.15) is 6.07 Å². The molecule has 2 aliphatic heterocycles. The van der Waals surface area contributed by atoms with Gasteiger partial charge in [-0.05, 0) is 31.4 Å². The zero-order chi connectivity index (χ0) is 25.0. The van der Waals surface area contributed by atoms with Crippen molar-refractivity contribution >= 4 is 50.4 Å². The topological polar surface area (TPSA) is 155 Å². The molecule has 36 heavy (non-hydrogen) atoms. The van der Waals surface area contributed by atoms with Crippen LogP contribution in [0.3, 0.4) is 0 Å². The van der Waals surface area contributed by atoms with E-state index >= 15 is 0 Å². The molecule has 3 fully saturated rings. The molecule has 2 saturated heterocycles. The second kappa shape index (κ2) is 8.48. The number of rotatable bonds is 5. The lowest BCUT2D eigenvalue weighted by Crippen LogP contribution is -2.51. The van der Waals surface area contributed by atoms with Crippen molar-refractivity contribution in [2.45, 2.75) is 31.3 Å². The molecule has 1 saturated carbocycles. The number of benzene rings is 1. The number of anilines is 4. The monoisotopic (exact) mass is 524 g/mol. The van der Waals surface area contributed by atoms with E-state index in [1.54, 1.807) is 16.4 Å². The standard InChI is InChI=1S/C22H21ClN10O2S/c23-19-17(28-22-29-20(27-14-1-2-14)21-26-11-16(10-25)33(21)30-22)7-13(9-24)8-18(19)31-4-5-32-15(12-31)3-6-36(32,34)35/h7-8,11,14-15H,1-6,12H2,(H2,27,28,29,30). The summed E-state index contributed by atoms with van der Waals surface area (Å²) in [4.78, 5) is 10.9. The van der Waals surface area contributed by atoms with E-state index in [0.717, 1.165) is 12.8 Å². The summed E-state index contributed by atoms with van der Waals surface area (Å²) in [6.07, 6.45) is 4.06. The van der Waals surface area contributed by atoms with Gasteiger partial charge in [0.05, 0.1) is 40.0 Å². The third-order valence-electron chi connectivity index (χ3n) is 6.66. The van der Waals surface area contributed by atoms with E-state index in [9.17, 15) is 18.9 Å². The van der Waals surface area contributed by atoms with Crippen molar-refractivity contribution in [1.82, 2.24) is 23.9 Å². The quantitative estimate of drug-likeness (QED) is 0.506. The van der Waals surface area contributed by atoms with Gasteiger partial charge in [0.15, 0.2) is 17.2 Å². The number of aromatic nitrogens is 4. The molecule has 4 heterocycles. The second-order valence-electron chi connectivity index (χ2n) is 9.10. The molecule has 0 amide bonds. The number of fused-ring (bicyclic) bond motifs is 2. The third kappa shape index (κ3) is 3.95. The number of hydrogen-bond donors (Lipinski definition) is 2. The van der Waals surface area contributed by atoms with Crippen molar-refractivity contribution in [3.8, 4) is 12.1 Å². The van der Waals surface area contributed by atoms with Crippen molar-refractivity contribution in [1.29, 1.82) is 10.5 Å². The Bertz CT molecular complexity index is 1570. The van der Waals surface area contributed by atoms with E-state index in [1.165, 1.54) is 10.7 Å². The van der Waals surface area contributed by atoms with Crippen LogP contribution in [0, 0.1) is 22.7 Å². The highest BCUT2D eigenvalue weighted by atomic mass is 35.5. The Balaban J connectivity index is 1.35. The van der Waals surface area contributed by atoms with Crippen molar-refractivity contribution in [2.75, 3.05) is 40.9 Å². The van der Waals surface area contributed by atoms with E-state index < -0.39 is 10.0 Å². The average molecular weight is 525 g/mol. The van der Waals surface area contributed by atoms with Crippen molar-refractivity contribution in [2.24, 2.45) is 0 Å². The number of imidazole rings is 1. The van der Waals surface area contributed by atoms with Crippen LogP contribution in [0.2, 0.25) is 5.02 Å². The number of nitriles is 2. The van der Waals surface area contributed by atoms with Crippen LogP contribution in [0.5, 0.6) is 0 Å². The molecule has 1 atom stereocenters. The van der Waals surface area contributed by atoms with E-state index in [-0.39, 0.29) is 23.4 Å². The lowest BCUT2D eigenvalue weighted by atomic mass is 10.1. The van der Waals surface area contributed by atoms with Gasteiger partial charge in [-0.3, -0.25) is 0 Å². The van der Waals surface area contributed by atoms with Gasteiger partial charge in [-0.2, -0.15) is 24.3 Å². The minimum absolute atomic E-state index is 0.116. The molecule has 1 aromatic carbocycles. The van der Waals surface area contributed by atoms with E-state index in [4.69, 9.17) is 11.6 Å². The molecule has 0 spiro atoms. The number of hydrogen-bond acceptors (Lipinski definition) is 10. The molecule has 3 aliphatic rings. The van der Waals surface area contributed by atoms with E-state index in [0.29, 0.717) is 65.5 Å². The smallest absolute Gasteiger partial charge is 0.247 e. The van der Waals surface area contributed by atoms with Crippen molar-refractivity contribution in [3.05, 3.63) is 34.6 Å². The summed E-state index contributed by atoms with van der Waals surface area (Å²) in [5, 5.41) is 30.4. The average Bonchev–Trinajstić information content (AvgIpc) is 3.50. The molecule has 3 aromatic rings. The van der Waals surface area contributed by atoms with Crippen LogP contribution in [0.15, 0.2) is 18.3 Å². The Labute approximate surface area is 212 Å². The zero-order valence-electron chi connectivity index (χ0n) is 19.0. The highest BCUT2D eigenvalue weighted by Gasteiger charge is 2.41. The highest BCUT2D eigenvalue weighted by molar-refractivity contribution is 7.89. The summed E-state index contributed by atoms with van der Waals surface area (Å²) in [7, 11) is -3.20. The zero-order valence-corrected chi connectivity index (χ0v) is 20.6. The van der Waals surface area contributed by atoms with E-state index in [2.05, 4.69) is 37.8 Å². The van der Waals surface area contributed by atoms with Gasteiger partial charge < -0.3 is 15.5 Å². The predicted molar refractivity (Wildman–Crippen MR) is 133 cm³/mol. The summed E-state index contributed by atoms with van der Waals surface area (Å²) >= 11 is 6.82. The molecule has 2 aromatic heterocycles. The number of piperazine rings is 1. The first-order valence-electron chi connectivity index (χ1n) is 11.5. The summed E-state index contributed by atoms with van der Waals surface area (Å²) < 4.78 is 27.5. The first kappa shape index (κ1) is 22.8. The van der Waals surface area contributed by atoms with Crippen molar-refractivity contribution in [3.63, 3.8) is 0 Å². The Kier molecular flexibility index (Phi) is 5.37. The molecule has 14 heteroatoms.